The average Bonchev–Trinajstić information content (AvgIpc) is 3.26. The van der Waals surface area contributed by atoms with Gasteiger partial charge in [0.05, 0.1) is 0 Å². The van der Waals surface area contributed by atoms with Gasteiger partial charge in [-0.25, -0.2) is 24.7 Å². The van der Waals surface area contributed by atoms with Gasteiger partial charge in [0.25, 0.3) is 11.8 Å². The number of aryl methyl sites for hydroxylation is 2. The highest BCUT2D eigenvalue weighted by atomic mass is 35.5. The van der Waals surface area contributed by atoms with E-state index < -0.39 is 23.5 Å². The molecule has 2 heterocycles. The molecule has 0 unspecified atom stereocenters. The van der Waals surface area contributed by atoms with Crippen LogP contribution in [0.1, 0.15) is 91.4 Å². The predicted octanol–water partition coefficient (Wildman–Crippen LogP) is 3.29. The number of rotatable bonds is 19. The van der Waals surface area contributed by atoms with Gasteiger partial charge in [0.1, 0.15) is 5.60 Å². The first-order valence-corrected chi connectivity index (χ1v) is 22.2. The molecule has 70 heavy (non-hydrogen) atoms. The van der Waals surface area contributed by atoms with Gasteiger partial charge < -0.3 is 60.8 Å². The van der Waals surface area contributed by atoms with Gasteiger partial charge in [0.2, 0.25) is 11.8 Å². The molecule has 0 saturated carbocycles. The summed E-state index contributed by atoms with van der Waals surface area (Å²) in [5.41, 5.74) is 41.8. The number of unbranched alkanes of at least 4 members (excludes halogenated alkanes) is 2. The number of benzene rings is 2. The molecule has 0 bridgehead atoms. The number of carbonyl (C=O) groups is 5. The van der Waals surface area contributed by atoms with Crippen LogP contribution >= 0.6 is 35.6 Å². The minimum Gasteiger partial charge on any atom is -0.444 e. The van der Waals surface area contributed by atoms with Crippen LogP contribution in [-0.4, -0.2) is 93.4 Å². The number of hydrogen-bond donors (Lipinski definition) is 12. The lowest BCUT2D eigenvalue weighted by Gasteiger charge is -2.19. The van der Waals surface area contributed by atoms with E-state index in [1.807, 2.05) is 48.5 Å². The van der Waals surface area contributed by atoms with E-state index >= 15 is 0 Å². The maximum absolute atomic E-state index is 12.2. The highest BCUT2D eigenvalue weighted by Gasteiger charge is 2.19. The summed E-state index contributed by atoms with van der Waals surface area (Å²) in [5, 5.41) is 12.6. The molecule has 0 aliphatic carbocycles. The van der Waals surface area contributed by atoms with Gasteiger partial charge in [-0.1, -0.05) is 47.5 Å². The van der Waals surface area contributed by atoms with Gasteiger partial charge >= 0.3 is 6.09 Å². The zero-order chi connectivity index (χ0) is 51.1. The molecule has 2 aromatic carbocycles. The first-order valence-electron chi connectivity index (χ1n) is 21.5. The smallest absolute Gasteiger partial charge is 0.407 e. The number of aromatic nitrogens is 4. The summed E-state index contributed by atoms with van der Waals surface area (Å²) in [6.07, 6.45) is 4.70. The molecule has 0 aliphatic heterocycles. The lowest BCUT2D eigenvalue weighted by Crippen LogP contribution is -2.38. The number of halogens is 3. The molecule has 0 atom stereocenters. The minimum atomic E-state index is -0.690. The van der Waals surface area contributed by atoms with Gasteiger partial charge in [0.15, 0.2) is 56.9 Å². The number of alkyl carbamates (subject to hydrolysis) is 1. The Morgan fingerprint density at radius 3 is 1.40 bits per heavy atom. The summed E-state index contributed by atoms with van der Waals surface area (Å²) in [6, 6.07) is 15.1. The fourth-order valence-corrected chi connectivity index (χ4v) is 5.86. The number of amides is 5. The topological polar surface area (TPSA) is 413 Å². The largest absolute Gasteiger partial charge is 0.444 e. The van der Waals surface area contributed by atoms with Crippen LogP contribution < -0.4 is 66.7 Å². The van der Waals surface area contributed by atoms with E-state index in [0.29, 0.717) is 31.7 Å². The summed E-state index contributed by atoms with van der Waals surface area (Å²) < 4.78 is 5.12. The van der Waals surface area contributed by atoms with Crippen LogP contribution in [0, 0.1) is 0 Å². The highest BCUT2D eigenvalue weighted by Crippen LogP contribution is 2.19. The fraction of sp³-hybridized carbons (Fsp3) is 0.372. The van der Waals surface area contributed by atoms with Crippen molar-refractivity contribution in [1.29, 1.82) is 0 Å². The van der Waals surface area contributed by atoms with Gasteiger partial charge in [-0.15, -0.1) is 12.4 Å². The zero-order valence-electron chi connectivity index (χ0n) is 38.9. The molecule has 2 aromatic heterocycles. The summed E-state index contributed by atoms with van der Waals surface area (Å²) in [6.45, 7) is 6.63. The maximum atomic E-state index is 12.2. The Morgan fingerprint density at radius 1 is 0.614 bits per heavy atom. The Morgan fingerprint density at radius 2 is 1.01 bits per heavy atom. The van der Waals surface area contributed by atoms with E-state index in [9.17, 15) is 24.0 Å². The average molecular weight is 1030 g/mol. The number of aliphatic imine (C=N–C) groups is 2. The Kier molecular flexibility index (Phi) is 24.9. The molecule has 380 valence electrons. The number of nitrogens with one attached hydrogen (secondary N) is 5. The number of carbonyl (C=O) groups excluding carboxylic acids is 5. The van der Waals surface area contributed by atoms with Crippen molar-refractivity contribution in [2.24, 2.45) is 27.2 Å². The Hall–Kier alpha value is -7.28. The van der Waals surface area contributed by atoms with E-state index in [2.05, 4.69) is 56.5 Å². The number of hydrogen-bond acceptors (Lipinski definition) is 17. The highest BCUT2D eigenvalue weighted by molar-refractivity contribution is 6.32. The summed E-state index contributed by atoms with van der Waals surface area (Å²) in [4.78, 5) is 82.9. The SMILES string of the molecule is CC(C)(C)OC(=O)NCCC(=O)Nc1ccc(CCCCN=C(N)NC(=O)c2nc(Cl)c(N)nc2N)cc1.Cl.NCCC(=O)Nc1ccc(CCCCN=C(N)NC(=O)c2nc(Cl)c(N)nc2N)cc1. The second kappa shape index (κ2) is 29.6. The molecule has 27 heteroatoms. The van der Waals surface area contributed by atoms with E-state index in [1.54, 1.807) is 20.8 Å². The Bertz CT molecular complexity index is 2450. The quantitative estimate of drug-likeness (QED) is 0.0364. The first kappa shape index (κ1) is 58.8. The number of anilines is 6. The van der Waals surface area contributed by atoms with E-state index in [-0.39, 0.29) is 94.1 Å². The molecule has 0 spiro atoms. The van der Waals surface area contributed by atoms with Crippen LogP contribution in [0.15, 0.2) is 58.5 Å². The van der Waals surface area contributed by atoms with Crippen LogP contribution in [0.5, 0.6) is 0 Å². The third kappa shape index (κ3) is 22.2. The molecule has 0 aliphatic rings. The fourth-order valence-electron chi connectivity index (χ4n) is 5.61. The van der Waals surface area contributed by atoms with Crippen molar-refractivity contribution in [3.05, 3.63) is 81.4 Å². The normalized spacial score (nSPS) is 11.2. The van der Waals surface area contributed by atoms with Gasteiger partial charge in [0, 0.05) is 50.4 Å². The van der Waals surface area contributed by atoms with Gasteiger partial charge in [-0.2, -0.15) is 0 Å². The Balaban J connectivity index is 0.000000483. The van der Waals surface area contributed by atoms with Crippen molar-refractivity contribution in [3.63, 3.8) is 0 Å². The number of ether oxygens (including phenoxy) is 1. The summed E-state index contributed by atoms with van der Waals surface area (Å²) >= 11 is 11.5. The monoisotopic (exact) mass is 1030 g/mol. The molecule has 0 saturated heterocycles. The predicted molar refractivity (Wildman–Crippen MR) is 275 cm³/mol. The summed E-state index contributed by atoms with van der Waals surface area (Å²) in [5.74, 6) is -2.29. The molecule has 24 nitrogen and oxygen atoms in total. The van der Waals surface area contributed by atoms with Crippen molar-refractivity contribution in [1.82, 2.24) is 35.9 Å². The van der Waals surface area contributed by atoms with Crippen molar-refractivity contribution in [2.45, 2.75) is 77.7 Å². The van der Waals surface area contributed by atoms with Gasteiger partial charge in [-0.05, 0) is 94.7 Å². The number of nitrogens with zero attached hydrogens (tertiary/aromatic N) is 6. The van der Waals surface area contributed by atoms with Crippen LogP contribution in [0.25, 0.3) is 0 Å². The molecule has 19 N–H and O–H groups in total. The molecular formula is C43H61Cl3N18O6. The molecule has 0 fully saturated rings. The van der Waals surface area contributed by atoms with Gasteiger partial charge in [-0.3, -0.25) is 39.8 Å². The standard InChI is InChI=1S/C24H34ClN9O4.C19H26ClN9O2.ClH/c1-24(2,3)38-23(37)30-13-11-16(35)31-15-9-7-14(8-10-15)6-4-5-12-29-22(28)34-21(36)17-19(26)33-20(27)18(25)32-17;20-15-17(23)28-16(22)14(27-15)18(31)29-19(24)25-10-2-1-3-11-4-6-12(7-5-11)26-13(30)8-9-21;/h7-10H,4-6,11-13H2,1-3H3,(H,30,37)(H,31,35)(H4,26,27,33)(H3,28,29,34,36);4-7H,1-3,8-10,21H2,(H,26,30)(H4,22,23,28)(H3,24,25,29,31);1H. The van der Waals surface area contributed by atoms with Crippen molar-refractivity contribution < 1.29 is 28.7 Å². The van der Waals surface area contributed by atoms with E-state index in [4.69, 9.17) is 68.1 Å². The van der Waals surface area contributed by atoms with Crippen molar-refractivity contribution >= 4 is 112 Å². The summed E-state index contributed by atoms with van der Waals surface area (Å²) in [7, 11) is 0. The van der Waals surface area contributed by atoms with Crippen molar-refractivity contribution in [3.8, 4) is 0 Å². The molecule has 4 rings (SSSR count). The van der Waals surface area contributed by atoms with Crippen LogP contribution in [-0.2, 0) is 27.2 Å². The lowest BCUT2D eigenvalue weighted by atomic mass is 10.1. The molecular weight excluding hydrogens is 971 g/mol. The number of nitrogens with two attached hydrogens (primary N) is 7. The van der Waals surface area contributed by atoms with Crippen LogP contribution in [0.3, 0.4) is 0 Å². The second-order valence-electron chi connectivity index (χ2n) is 15.8. The zero-order valence-corrected chi connectivity index (χ0v) is 41.3. The van der Waals surface area contributed by atoms with Crippen molar-refractivity contribution in [2.75, 3.05) is 59.7 Å². The third-order valence-corrected chi connectivity index (χ3v) is 9.46. The lowest BCUT2D eigenvalue weighted by molar-refractivity contribution is -0.116. The molecule has 5 amide bonds. The maximum Gasteiger partial charge on any atom is 0.407 e. The third-order valence-electron chi connectivity index (χ3n) is 8.90. The molecule has 0 radical (unpaired) electrons. The minimum absolute atomic E-state index is 0. The van der Waals surface area contributed by atoms with E-state index in [1.165, 1.54) is 0 Å². The number of nitrogen functional groups attached to an aromatic ring is 4. The number of guanidine groups is 2. The molecule has 4 aromatic rings. The van der Waals surface area contributed by atoms with Crippen LogP contribution in [0.2, 0.25) is 10.3 Å². The first-order chi connectivity index (χ1) is 32.6. The van der Waals surface area contributed by atoms with E-state index in [0.717, 1.165) is 55.3 Å². The van der Waals surface area contributed by atoms with Crippen LogP contribution in [0.4, 0.5) is 39.4 Å². The Labute approximate surface area is 420 Å². The second-order valence-corrected chi connectivity index (χ2v) is 16.5.